The molecule has 0 saturated heterocycles. The molecule has 0 aliphatic heterocycles. The molecule has 3 aromatic carbocycles. The second kappa shape index (κ2) is 7.36. The summed E-state index contributed by atoms with van der Waals surface area (Å²) >= 11 is 0. The van der Waals surface area contributed by atoms with Crippen LogP contribution in [0.5, 0.6) is 11.5 Å². The topological polar surface area (TPSA) is 34.2 Å². The van der Waals surface area contributed by atoms with E-state index < -0.39 is 0 Å². The maximum absolute atomic E-state index is 6.11. The van der Waals surface area contributed by atoms with Gasteiger partial charge in [0.15, 0.2) is 11.5 Å². The molecule has 0 radical (unpaired) electrons. The van der Waals surface area contributed by atoms with Crippen molar-refractivity contribution in [3.8, 4) is 11.5 Å². The Morgan fingerprint density at radius 2 is 1.27 bits per heavy atom. The van der Waals surface area contributed by atoms with Crippen LogP contribution in [0.3, 0.4) is 0 Å². The van der Waals surface area contributed by atoms with E-state index in [1.807, 2.05) is 48.7 Å². The molecule has 0 spiro atoms. The van der Waals surface area contributed by atoms with Crippen LogP contribution in [0.25, 0.3) is 10.9 Å². The lowest BCUT2D eigenvalue weighted by atomic mass is 10.1. The van der Waals surface area contributed by atoms with Gasteiger partial charge in [0, 0.05) is 23.2 Å². The molecule has 3 nitrogen and oxygen atoms in total. The zero-order valence-corrected chi connectivity index (χ0v) is 14.7. The van der Waals surface area contributed by atoms with Crippen LogP contribution < -0.4 is 9.47 Å². The zero-order valence-electron chi connectivity index (χ0n) is 14.7. The molecule has 1 aromatic heterocycles. The summed E-state index contributed by atoms with van der Waals surface area (Å²) in [6, 6.07) is 24.4. The maximum Gasteiger partial charge on any atom is 0.163 e. The van der Waals surface area contributed by atoms with E-state index in [2.05, 4.69) is 42.2 Å². The van der Waals surface area contributed by atoms with Gasteiger partial charge in [-0.1, -0.05) is 60.7 Å². The summed E-state index contributed by atoms with van der Waals surface area (Å²) in [5.41, 5.74) is 4.51. The number of benzene rings is 3. The zero-order chi connectivity index (χ0) is 17.8. The highest BCUT2D eigenvalue weighted by Crippen LogP contribution is 2.34. The van der Waals surface area contributed by atoms with Crippen LogP contribution in [-0.2, 0) is 13.2 Å². The van der Waals surface area contributed by atoms with Crippen molar-refractivity contribution in [3.05, 3.63) is 95.7 Å². The van der Waals surface area contributed by atoms with Crippen LogP contribution in [-0.4, -0.2) is 4.98 Å². The summed E-state index contributed by atoms with van der Waals surface area (Å²) < 4.78 is 12.2. The summed E-state index contributed by atoms with van der Waals surface area (Å²) in [7, 11) is 0. The first kappa shape index (κ1) is 16.3. The van der Waals surface area contributed by atoms with Gasteiger partial charge in [-0.05, 0) is 29.7 Å². The summed E-state index contributed by atoms with van der Waals surface area (Å²) in [6.07, 6.45) is 2.01. The molecule has 0 bridgehead atoms. The van der Waals surface area contributed by atoms with Crippen molar-refractivity contribution in [2.24, 2.45) is 0 Å². The minimum absolute atomic E-state index is 0.508. The van der Waals surface area contributed by atoms with Crippen LogP contribution in [0.2, 0.25) is 0 Å². The molecule has 0 unspecified atom stereocenters. The number of hydrogen-bond donors (Lipinski definition) is 1. The fourth-order valence-corrected chi connectivity index (χ4v) is 2.97. The van der Waals surface area contributed by atoms with Crippen LogP contribution in [0, 0.1) is 6.92 Å². The van der Waals surface area contributed by atoms with Crippen molar-refractivity contribution in [2.75, 3.05) is 0 Å². The SMILES string of the molecule is Cc1c[nH]c2cc(OCc3ccccc3)c(OCc3ccccc3)cc12. The predicted octanol–water partition coefficient (Wildman–Crippen LogP) is 5.63. The first-order valence-electron chi connectivity index (χ1n) is 8.75. The number of fused-ring (bicyclic) bond motifs is 1. The average Bonchev–Trinajstić information content (AvgIpc) is 3.06. The molecule has 130 valence electrons. The summed E-state index contributed by atoms with van der Waals surface area (Å²) in [6.45, 7) is 3.11. The third kappa shape index (κ3) is 3.57. The fourth-order valence-electron chi connectivity index (χ4n) is 2.97. The predicted molar refractivity (Wildman–Crippen MR) is 105 cm³/mol. The van der Waals surface area contributed by atoms with E-state index in [-0.39, 0.29) is 0 Å². The Morgan fingerprint density at radius 3 is 1.85 bits per heavy atom. The van der Waals surface area contributed by atoms with E-state index >= 15 is 0 Å². The molecule has 0 saturated carbocycles. The Bertz CT molecular complexity index is 991. The van der Waals surface area contributed by atoms with Crippen molar-refractivity contribution in [1.82, 2.24) is 4.98 Å². The molecule has 1 heterocycles. The standard InChI is InChI=1S/C23H21NO2/c1-17-14-24-21-13-23(26-16-19-10-6-3-7-11-19)22(12-20(17)21)25-15-18-8-4-2-5-9-18/h2-14,24H,15-16H2,1H3. The van der Waals surface area contributed by atoms with Gasteiger partial charge in [0.25, 0.3) is 0 Å². The van der Waals surface area contributed by atoms with E-state index in [0.717, 1.165) is 33.5 Å². The summed E-state index contributed by atoms with van der Waals surface area (Å²) in [5.74, 6) is 1.51. The number of aryl methyl sites for hydroxylation is 1. The number of aromatic amines is 1. The first-order chi connectivity index (χ1) is 12.8. The smallest absolute Gasteiger partial charge is 0.163 e. The molecule has 0 amide bonds. The minimum Gasteiger partial charge on any atom is -0.485 e. The molecular formula is C23H21NO2. The van der Waals surface area contributed by atoms with E-state index in [1.54, 1.807) is 0 Å². The van der Waals surface area contributed by atoms with Gasteiger partial charge in [-0.15, -0.1) is 0 Å². The third-order valence-electron chi connectivity index (χ3n) is 4.43. The van der Waals surface area contributed by atoms with Crippen molar-refractivity contribution in [2.45, 2.75) is 20.1 Å². The van der Waals surface area contributed by atoms with E-state index in [9.17, 15) is 0 Å². The number of hydrogen-bond acceptors (Lipinski definition) is 2. The molecule has 3 heteroatoms. The molecule has 0 aliphatic rings. The first-order valence-corrected chi connectivity index (χ1v) is 8.75. The largest absolute Gasteiger partial charge is 0.485 e. The molecule has 0 fully saturated rings. The van der Waals surface area contributed by atoms with Gasteiger partial charge in [-0.3, -0.25) is 0 Å². The van der Waals surface area contributed by atoms with Crippen LogP contribution >= 0.6 is 0 Å². The average molecular weight is 343 g/mol. The lowest BCUT2D eigenvalue weighted by Crippen LogP contribution is -2.00. The van der Waals surface area contributed by atoms with Gasteiger partial charge in [0.1, 0.15) is 13.2 Å². The molecule has 4 rings (SSSR count). The number of nitrogens with one attached hydrogen (secondary N) is 1. The normalized spacial score (nSPS) is 10.8. The second-order valence-corrected chi connectivity index (χ2v) is 6.36. The number of aromatic nitrogens is 1. The molecule has 26 heavy (non-hydrogen) atoms. The molecule has 4 aromatic rings. The number of ether oxygens (including phenoxy) is 2. The van der Waals surface area contributed by atoms with Crippen molar-refractivity contribution < 1.29 is 9.47 Å². The van der Waals surface area contributed by atoms with Crippen molar-refractivity contribution in [1.29, 1.82) is 0 Å². The van der Waals surface area contributed by atoms with Gasteiger partial charge in [-0.25, -0.2) is 0 Å². The molecular weight excluding hydrogens is 322 g/mol. The molecule has 0 aliphatic carbocycles. The number of rotatable bonds is 6. The van der Waals surface area contributed by atoms with Gasteiger partial charge in [0.2, 0.25) is 0 Å². The van der Waals surface area contributed by atoms with Gasteiger partial charge in [0.05, 0.1) is 0 Å². The quantitative estimate of drug-likeness (QED) is 0.492. The van der Waals surface area contributed by atoms with Crippen LogP contribution in [0.1, 0.15) is 16.7 Å². The Hall–Kier alpha value is -3.20. The third-order valence-corrected chi connectivity index (χ3v) is 4.43. The summed E-state index contributed by atoms with van der Waals surface area (Å²) in [5, 5.41) is 1.15. The molecule has 0 atom stereocenters. The van der Waals surface area contributed by atoms with Gasteiger partial charge < -0.3 is 14.5 Å². The highest BCUT2D eigenvalue weighted by atomic mass is 16.5. The van der Waals surface area contributed by atoms with Gasteiger partial charge in [-0.2, -0.15) is 0 Å². The van der Waals surface area contributed by atoms with Gasteiger partial charge >= 0.3 is 0 Å². The van der Waals surface area contributed by atoms with Crippen molar-refractivity contribution in [3.63, 3.8) is 0 Å². The van der Waals surface area contributed by atoms with E-state index in [0.29, 0.717) is 13.2 Å². The fraction of sp³-hybridized carbons (Fsp3) is 0.130. The number of H-pyrrole nitrogens is 1. The Balaban J connectivity index is 1.60. The van der Waals surface area contributed by atoms with Crippen LogP contribution in [0.4, 0.5) is 0 Å². The Morgan fingerprint density at radius 1 is 0.731 bits per heavy atom. The maximum atomic E-state index is 6.11. The Labute approximate surface area is 153 Å². The highest BCUT2D eigenvalue weighted by Gasteiger charge is 2.11. The lowest BCUT2D eigenvalue weighted by Gasteiger charge is -2.14. The monoisotopic (exact) mass is 343 g/mol. The van der Waals surface area contributed by atoms with E-state index in [4.69, 9.17) is 9.47 Å². The van der Waals surface area contributed by atoms with E-state index in [1.165, 1.54) is 5.56 Å². The minimum atomic E-state index is 0.508. The highest BCUT2D eigenvalue weighted by molar-refractivity contribution is 5.86. The van der Waals surface area contributed by atoms with Crippen molar-refractivity contribution >= 4 is 10.9 Å². The molecule has 1 N–H and O–H groups in total. The lowest BCUT2D eigenvalue weighted by molar-refractivity contribution is 0.256. The second-order valence-electron chi connectivity index (χ2n) is 6.36. The van der Waals surface area contributed by atoms with Crippen LogP contribution in [0.15, 0.2) is 79.0 Å². The Kier molecular flexibility index (Phi) is 4.61. The summed E-state index contributed by atoms with van der Waals surface area (Å²) in [4.78, 5) is 3.29.